The third-order valence-corrected chi connectivity index (χ3v) is 6.32. The lowest BCUT2D eigenvalue weighted by atomic mass is 9.52. The van der Waals surface area contributed by atoms with E-state index in [1.165, 1.54) is 0 Å². The van der Waals surface area contributed by atoms with Crippen molar-refractivity contribution < 1.29 is 14.6 Å². The number of epoxide rings is 1. The van der Waals surface area contributed by atoms with Gasteiger partial charge in [-0.1, -0.05) is 20.4 Å². The van der Waals surface area contributed by atoms with Gasteiger partial charge in [0, 0.05) is 5.41 Å². The summed E-state index contributed by atoms with van der Waals surface area (Å²) < 4.78 is 12.0. The Morgan fingerprint density at radius 2 is 2.11 bits per heavy atom. The summed E-state index contributed by atoms with van der Waals surface area (Å²) in [4.78, 5) is 0. The average molecular weight is 250 g/mol. The fourth-order valence-electron chi connectivity index (χ4n) is 5.00. The Kier molecular flexibility index (Phi) is 2.03. The maximum absolute atomic E-state index is 10.0. The van der Waals surface area contributed by atoms with Gasteiger partial charge in [-0.15, -0.1) is 0 Å². The summed E-state index contributed by atoms with van der Waals surface area (Å²) in [5.74, 6) is 1.03. The Morgan fingerprint density at radius 1 is 1.33 bits per heavy atom. The minimum Gasteiger partial charge on any atom is -0.393 e. The van der Waals surface area contributed by atoms with Crippen LogP contribution < -0.4 is 0 Å². The van der Waals surface area contributed by atoms with Gasteiger partial charge in [0.1, 0.15) is 11.7 Å². The number of fused-ring (bicyclic) bond motifs is 2. The Bertz CT molecular complexity index is 420. The highest BCUT2D eigenvalue weighted by Gasteiger charge is 2.77. The van der Waals surface area contributed by atoms with Crippen LogP contribution in [0, 0.1) is 17.3 Å². The molecule has 100 valence electrons. The van der Waals surface area contributed by atoms with E-state index in [1.54, 1.807) is 0 Å². The molecule has 2 saturated heterocycles. The summed E-state index contributed by atoms with van der Waals surface area (Å²) in [6, 6.07) is 0. The molecule has 1 N–H and O–H groups in total. The van der Waals surface area contributed by atoms with Crippen LogP contribution in [0.2, 0.25) is 0 Å². The number of hydrogen-bond donors (Lipinski definition) is 1. The summed E-state index contributed by atoms with van der Waals surface area (Å²) in [6.45, 7) is 9.44. The maximum atomic E-state index is 10.0. The molecular formula is C15H22O3. The topological polar surface area (TPSA) is 42.0 Å². The number of ether oxygens (including phenoxy) is 2. The molecule has 2 aliphatic carbocycles. The van der Waals surface area contributed by atoms with Crippen molar-refractivity contribution in [1.29, 1.82) is 0 Å². The molecule has 0 aromatic carbocycles. The van der Waals surface area contributed by atoms with E-state index in [9.17, 15) is 5.11 Å². The van der Waals surface area contributed by atoms with Gasteiger partial charge in [-0.2, -0.15) is 0 Å². The predicted molar refractivity (Wildman–Crippen MR) is 67.1 cm³/mol. The Labute approximate surface area is 108 Å². The number of hydrogen-bond acceptors (Lipinski definition) is 3. The maximum Gasteiger partial charge on any atom is 0.144 e. The Hall–Kier alpha value is -0.380. The van der Waals surface area contributed by atoms with E-state index in [0.29, 0.717) is 18.4 Å². The second-order valence-corrected chi connectivity index (χ2v) is 7.02. The first kappa shape index (κ1) is 11.4. The molecule has 2 saturated carbocycles. The van der Waals surface area contributed by atoms with Crippen molar-refractivity contribution in [2.24, 2.45) is 17.3 Å². The molecule has 0 amide bonds. The summed E-state index contributed by atoms with van der Waals surface area (Å²) in [5, 5.41) is 10.0. The fraction of sp³-hybridized carbons (Fsp3) is 0.867. The van der Waals surface area contributed by atoms with Gasteiger partial charge >= 0.3 is 0 Å². The second kappa shape index (κ2) is 3.20. The van der Waals surface area contributed by atoms with Crippen LogP contribution in [-0.4, -0.2) is 35.6 Å². The molecule has 2 heterocycles. The minimum atomic E-state index is -0.165. The van der Waals surface area contributed by atoms with Gasteiger partial charge < -0.3 is 14.6 Å². The first-order chi connectivity index (χ1) is 8.49. The quantitative estimate of drug-likeness (QED) is 0.527. The molecule has 1 spiro atoms. The highest BCUT2D eigenvalue weighted by molar-refractivity contribution is 5.37. The van der Waals surface area contributed by atoms with Crippen LogP contribution in [0.5, 0.6) is 0 Å². The molecular weight excluding hydrogens is 228 g/mol. The van der Waals surface area contributed by atoms with E-state index in [1.807, 2.05) is 0 Å². The summed E-state index contributed by atoms with van der Waals surface area (Å²) in [6.07, 6.45) is 3.14. The van der Waals surface area contributed by atoms with Crippen molar-refractivity contribution in [2.75, 3.05) is 6.61 Å². The molecule has 4 rings (SSSR count). The predicted octanol–water partition coefficient (Wildman–Crippen LogP) is 1.90. The molecule has 0 bridgehead atoms. The van der Waals surface area contributed by atoms with Crippen LogP contribution >= 0.6 is 0 Å². The van der Waals surface area contributed by atoms with E-state index in [-0.39, 0.29) is 29.3 Å². The first-order valence-electron chi connectivity index (χ1n) is 7.15. The lowest BCUT2D eigenvalue weighted by Crippen LogP contribution is -2.54. The van der Waals surface area contributed by atoms with E-state index in [0.717, 1.165) is 24.8 Å². The van der Waals surface area contributed by atoms with Crippen molar-refractivity contribution in [1.82, 2.24) is 0 Å². The van der Waals surface area contributed by atoms with Gasteiger partial charge in [-0.25, -0.2) is 0 Å². The van der Waals surface area contributed by atoms with Gasteiger partial charge in [0.2, 0.25) is 0 Å². The van der Waals surface area contributed by atoms with Crippen LogP contribution in [0.3, 0.4) is 0 Å². The molecule has 3 heteroatoms. The zero-order valence-corrected chi connectivity index (χ0v) is 11.2. The van der Waals surface area contributed by atoms with Gasteiger partial charge in [-0.05, 0) is 36.7 Å². The lowest BCUT2D eigenvalue weighted by Gasteiger charge is -2.51. The number of rotatable bonds is 0. The molecule has 0 aromatic heterocycles. The number of aliphatic hydroxyl groups excluding tert-OH is 1. The van der Waals surface area contributed by atoms with Gasteiger partial charge in [-0.3, -0.25) is 0 Å². The highest BCUT2D eigenvalue weighted by atomic mass is 16.7. The minimum absolute atomic E-state index is 0.145. The molecule has 7 atom stereocenters. The van der Waals surface area contributed by atoms with E-state index in [2.05, 4.69) is 20.4 Å². The van der Waals surface area contributed by atoms with Crippen LogP contribution in [0.25, 0.3) is 0 Å². The van der Waals surface area contributed by atoms with Crippen LogP contribution in [0.1, 0.15) is 33.1 Å². The monoisotopic (exact) mass is 250 g/mol. The molecule has 2 aliphatic heterocycles. The van der Waals surface area contributed by atoms with Crippen molar-refractivity contribution in [2.45, 2.75) is 57.0 Å². The van der Waals surface area contributed by atoms with Crippen LogP contribution in [-0.2, 0) is 9.47 Å². The molecule has 4 aliphatic rings. The third-order valence-electron chi connectivity index (χ3n) is 6.32. The molecule has 4 fully saturated rings. The lowest BCUT2D eigenvalue weighted by molar-refractivity contribution is -0.0731. The average Bonchev–Trinajstić information content (AvgIpc) is 3.00. The first-order valence-corrected chi connectivity index (χ1v) is 7.15. The zero-order valence-electron chi connectivity index (χ0n) is 11.2. The van der Waals surface area contributed by atoms with Crippen molar-refractivity contribution >= 4 is 0 Å². The smallest absolute Gasteiger partial charge is 0.144 e. The molecule has 0 unspecified atom stereocenters. The van der Waals surface area contributed by atoms with Crippen molar-refractivity contribution in [3.8, 4) is 0 Å². The third kappa shape index (κ3) is 1.08. The van der Waals surface area contributed by atoms with E-state index >= 15 is 0 Å². The summed E-state index contributed by atoms with van der Waals surface area (Å²) in [7, 11) is 0. The highest BCUT2D eigenvalue weighted by Crippen LogP contribution is 2.68. The largest absolute Gasteiger partial charge is 0.393 e. The van der Waals surface area contributed by atoms with Crippen LogP contribution in [0.4, 0.5) is 0 Å². The molecule has 0 aromatic rings. The van der Waals surface area contributed by atoms with E-state index < -0.39 is 0 Å². The van der Waals surface area contributed by atoms with Crippen molar-refractivity contribution in [3.63, 3.8) is 0 Å². The summed E-state index contributed by atoms with van der Waals surface area (Å²) >= 11 is 0. The Morgan fingerprint density at radius 3 is 2.89 bits per heavy atom. The SMILES string of the molecule is C=C1CO[C@H]2C[C@H]3C[C@H](O)C[C@H](C)[C@@]3(C)[C@@H]3O[C@]123. The van der Waals surface area contributed by atoms with Gasteiger partial charge in [0.25, 0.3) is 0 Å². The van der Waals surface area contributed by atoms with E-state index in [4.69, 9.17) is 9.47 Å². The van der Waals surface area contributed by atoms with Crippen molar-refractivity contribution in [3.05, 3.63) is 12.2 Å². The molecule has 0 radical (unpaired) electrons. The van der Waals surface area contributed by atoms with Crippen LogP contribution in [0.15, 0.2) is 12.2 Å². The number of aliphatic hydroxyl groups is 1. The molecule has 18 heavy (non-hydrogen) atoms. The Balaban J connectivity index is 1.74. The second-order valence-electron chi connectivity index (χ2n) is 7.02. The fourth-order valence-corrected chi connectivity index (χ4v) is 5.00. The standard InChI is InChI=1S/C15H22O3/c1-8-4-11(16)5-10-6-12-15(9(2)7-17-12)13(18-15)14(8,10)3/h8,10-13,16H,2,4-7H2,1,3H3/t8-,10+,11+,12-,13-,14+,15+/m0/s1. The van der Waals surface area contributed by atoms with Gasteiger partial charge in [0.15, 0.2) is 0 Å². The summed E-state index contributed by atoms with van der Waals surface area (Å²) in [5.41, 5.74) is 1.16. The molecule has 3 nitrogen and oxygen atoms in total. The van der Waals surface area contributed by atoms with Gasteiger partial charge in [0.05, 0.1) is 18.8 Å². The normalized spacial score (nSPS) is 61.9. The zero-order chi connectivity index (χ0) is 12.7.